The maximum atomic E-state index is 12.4. The molecule has 156 valence electrons. The summed E-state index contributed by atoms with van der Waals surface area (Å²) < 4.78 is 25.5. The van der Waals surface area contributed by atoms with E-state index in [1.54, 1.807) is 24.3 Å². The zero-order chi connectivity index (χ0) is 21.3. The minimum Gasteiger partial charge on any atom is -0.330 e. The molecule has 4 aromatic rings. The van der Waals surface area contributed by atoms with Gasteiger partial charge in [0.25, 0.3) is 11.3 Å². The number of nitrogens with one attached hydrogen (secondary N) is 2. The number of fused-ring (bicyclic) bond motifs is 1. The van der Waals surface area contributed by atoms with E-state index in [4.69, 9.17) is 0 Å². The molecule has 0 bridgehead atoms. The minimum atomic E-state index is -2.44. The summed E-state index contributed by atoms with van der Waals surface area (Å²) in [7, 11) is 0. The lowest BCUT2D eigenvalue weighted by Gasteiger charge is -2.03. The molecule has 0 aliphatic heterocycles. The zero-order valence-electron chi connectivity index (χ0n) is 15.7. The van der Waals surface area contributed by atoms with Crippen LogP contribution in [0.4, 0.5) is 19.6 Å². The summed E-state index contributed by atoms with van der Waals surface area (Å²) >= 11 is 4.82. The first kappa shape index (κ1) is 21.2. The molecular formula is C18H15F2N5OS4. The minimum absolute atomic E-state index is 0.120. The van der Waals surface area contributed by atoms with Crippen LogP contribution in [0.3, 0.4) is 0 Å². The Hall–Kier alpha value is -2.02. The number of benzene rings is 1. The molecule has 30 heavy (non-hydrogen) atoms. The number of aromatic nitrogens is 4. The van der Waals surface area contributed by atoms with Gasteiger partial charge in [-0.15, -0.1) is 21.5 Å². The van der Waals surface area contributed by atoms with Crippen LogP contribution in [-0.2, 0) is 5.75 Å². The Morgan fingerprint density at radius 1 is 1.17 bits per heavy atom. The number of aromatic amines is 1. The highest BCUT2D eigenvalue weighted by Crippen LogP contribution is 2.31. The first-order valence-electron chi connectivity index (χ1n) is 8.66. The van der Waals surface area contributed by atoms with Crippen LogP contribution in [0.15, 0.2) is 38.3 Å². The molecule has 3 heterocycles. The number of H-pyrrole nitrogens is 1. The summed E-state index contributed by atoms with van der Waals surface area (Å²) in [5, 5.41) is 12.6. The maximum absolute atomic E-state index is 12.4. The number of aryl methyl sites for hydroxylation is 2. The van der Waals surface area contributed by atoms with E-state index in [0.29, 0.717) is 38.8 Å². The van der Waals surface area contributed by atoms with Crippen molar-refractivity contribution in [1.29, 1.82) is 0 Å². The third-order valence-corrected chi connectivity index (χ3v) is 7.96. The largest absolute Gasteiger partial charge is 0.330 e. The first-order chi connectivity index (χ1) is 14.4. The topological polar surface area (TPSA) is 83.6 Å². The van der Waals surface area contributed by atoms with Crippen LogP contribution in [0.2, 0.25) is 0 Å². The van der Waals surface area contributed by atoms with E-state index in [0.717, 1.165) is 25.3 Å². The molecule has 0 aliphatic carbocycles. The highest BCUT2D eigenvalue weighted by Gasteiger charge is 2.13. The fourth-order valence-electron chi connectivity index (χ4n) is 2.66. The van der Waals surface area contributed by atoms with Crippen molar-refractivity contribution in [2.24, 2.45) is 0 Å². The average Bonchev–Trinajstić information content (AvgIpc) is 3.25. The van der Waals surface area contributed by atoms with Crippen molar-refractivity contribution in [3.8, 4) is 0 Å². The molecule has 0 fully saturated rings. The number of halogens is 2. The van der Waals surface area contributed by atoms with Crippen LogP contribution >= 0.6 is 46.2 Å². The number of thiophene rings is 1. The Balaban J connectivity index is 1.40. The molecule has 0 amide bonds. The second kappa shape index (κ2) is 9.00. The quantitative estimate of drug-likeness (QED) is 0.321. The normalized spacial score (nSPS) is 11.5. The lowest BCUT2D eigenvalue weighted by atomic mass is 10.2. The highest BCUT2D eigenvalue weighted by atomic mass is 32.2. The van der Waals surface area contributed by atoms with Gasteiger partial charge in [0.1, 0.15) is 10.7 Å². The Bertz CT molecular complexity index is 1240. The Morgan fingerprint density at radius 3 is 2.67 bits per heavy atom. The fraction of sp³-hybridized carbons (Fsp3) is 0.222. The molecule has 0 saturated carbocycles. The molecule has 12 heteroatoms. The van der Waals surface area contributed by atoms with E-state index in [1.807, 2.05) is 13.8 Å². The number of nitrogens with zero attached hydrogens (tertiary/aromatic N) is 3. The van der Waals surface area contributed by atoms with Gasteiger partial charge in [-0.25, -0.2) is 4.98 Å². The van der Waals surface area contributed by atoms with Gasteiger partial charge in [-0.05, 0) is 43.7 Å². The number of rotatable bonds is 7. The van der Waals surface area contributed by atoms with Crippen LogP contribution in [0.1, 0.15) is 16.3 Å². The molecule has 0 atom stereocenters. The van der Waals surface area contributed by atoms with Crippen molar-refractivity contribution in [2.45, 2.75) is 34.6 Å². The van der Waals surface area contributed by atoms with Gasteiger partial charge in [0, 0.05) is 15.5 Å². The summed E-state index contributed by atoms with van der Waals surface area (Å²) in [6, 6.07) is 6.69. The molecule has 0 saturated heterocycles. The van der Waals surface area contributed by atoms with E-state index < -0.39 is 5.76 Å². The Morgan fingerprint density at radius 2 is 1.93 bits per heavy atom. The molecule has 0 radical (unpaired) electrons. The molecular weight excluding hydrogens is 468 g/mol. The number of thioether (sulfide) groups is 2. The third kappa shape index (κ3) is 4.82. The monoisotopic (exact) mass is 483 g/mol. The van der Waals surface area contributed by atoms with Gasteiger partial charge in [0.15, 0.2) is 4.34 Å². The number of alkyl halides is 2. The van der Waals surface area contributed by atoms with Gasteiger partial charge in [-0.1, -0.05) is 34.9 Å². The van der Waals surface area contributed by atoms with E-state index in [9.17, 15) is 13.6 Å². The smallest absolute Gasteiger partial charge is 0.288 e. The lowest BCUT2D eigenvalue weighted by molar-refractivity contribution is 0.252. The van der Waals surface area contributed by atoms with Gasteiger partial charge in [-0.3, -0.25) is 4.79 Å². The molecule has 0 unspecified atom stereocenters. The Kier molecular flexibility index (Phi) is 6.37. The highest BCUT2D eigenvalue weighted by molar-refractivity contribution is 8.00. The summed E-state index contributed by atoms with van der Waals surface area (Å²) in [5.74, 6) is -1.38. The Labute approximate surface area is 186 Å². The van der Waals surface area contributed by atoms with Gasteiger partial charge >= 0.3 is 0 Å². The molecule has 0 spiro atoms. The zero-order valence-corrected chi connectivity index (χ0v) is 19.0. The van der Waals surface area contributed by atoms with Crippen molar-refractivity contribution in [3.05, 3.63) is 50.9 Å². The van der Waals surface area contributed by atoms with Gasteiger partial charge in [0.2, 0.25) is 5.13 Å². The van der Waals surface area contributed by atoms with Crippen LogP contribution in [-0.4, -0.2) is 25.9 Å². The van der Waals surface area contributed by atoms with Crippen molar-refractivity contribution in [2.75, 3.05) is 5.32 Å². The molecule has 4 rings (SSSR count). The third-order valence-electron chi connectivity index (χ3n) is 4.16. The molecule has 0 aliphatic rings. The van der Waals surface area contributed by atoms with E-state index in [1.165, 1.54) is 34.4 Å². The van der Waals surface area contributed by atoms with Crippen LogP contribution in [0.5, 0.6) is 0 Å². The molecule has 1 aromatic carbocycles. The van der Waals surface area contributed by atoms with Gasteiger partial charge in [0.05, 0.1) is 11.1 Å². The van der Waals surface area contributed by atoms with Crippen molar-refractivity contribution in [1.82, 2.24) is 20.2 Å². The van der Waals surface area contributed by atoms with Crippen molar-refractivity contribution < 1.29 is 8.78 Å². The summed E-state index contributed by atoms with van der Waals surface area (Å²) in [4.78, 5) is 22.1. The predicted molar refractivity (Wildman–Crippen MR) is 121 cm³/mol. The summed E-state index contributed by atoms with van der Waals surface area (Å²) in [6.45, 7) is 3.91. The summed E-state index contributed by atoms with van der Waals surface area (Å²) in [6.07, 6.45) is 0. The van der Waals surface area contributed by atoms with Crippen LogP contribution in [0.25, 0.3) is 10.2 Å². The maximum Gasteiger partial charge on any atom is 0.288 e. The summed E-state index contributed by atoms with van der Waals surface area (Å²) in [5.41, 5.74) is 1.59. The van der Waals surface area contributed by atoms with E-state index >= 15 is 0 Å². The fourth-order valence-corrected chi connectivity index (χ4v) is 5.85. The van der Waals surface area contributed by atoms with Crippen LogP contribution in [0, 0.1) is 13.8 Å². The average molecular weight is 484 g/mol. The van der Waals surface area contributed by atoms with E-state index in [-0.39, 0.29) is 5.56 Å². The number of anilines is 2. The standard InChI is InChI=1S/C18H15F2N5OS4/c1-8-9(2)28-15-13(8)14(26)22-12(23-15)7-27-18-25-24-17(30-18)21-10-3-5-11(6-4-10)29-16(19)20/h3-6,16H,7H2,1-2H3,(H,21,24)(H,22,23,26). The molecule has 2 N–H and O–H groups in total. The van der Waals surface area contributed by atoms with Crippen LogP contribution < -0.4 is 10.9 Å². The second-order valence-electron chi connectivity index (χ2n) is 6.17. The van der Waals surface area contributed by atoms with Crippen molar-refractivity contribution >= 4 is 67.2 Å². The second-order valence-corrected chi connectivity index (χ2v) is 10.6. The van der Waals surface area contributed by atoms with Gasteiger partial charge in [-0.2, -0.15) is 8.78 Å². The molecule has 3 aromatic heterocycles. The van der Waals surface area contributed by atoms with Crippen molar-refractivity contribution in [3.63, 3.8) is 0 Å². The predicted octanol–water partition coefficient (Wildman–Crippen LogP) is 5.80. The number of hydrogen-bond acceptors (Lipinski definition) is 9. The van der Waals surface area contributed by atoms with E-state index in [2.05, 4.69) is 25.5 Å². The SMILES string of the molecule is Cc1sc2nc(CSc3nnc(Nc4ccc(SC(F)F)cc4)s3)[nH]c(=O)c2c1C. The number of hydrogen-bond donors (Lipinski definition) is 2. The molecule has 6 nitrogen and oxygen atoms in total. The lowest BCUT2D eigenvalue weighted by Crippen LogP contribution is -2.10. The van der Waals surface area contributed by atoms with Gasteiger partial charge < -0.3 is 10.3 Å². The first-order valence-corrected chi connectivity index (χ1v) is 12.2.